The van der Waals surface area contributed by atoms with Gasteiger partial charge < -0.3 is 10.2 Å². The van der Waals surface area contributed by atoms with E-state index >= 15 is 0 Å². The Morgan fingerprint density at radius 2 is 2.16 bits per heavy atom. The van der Waals surface area contributed by atoms with Crippen molar-refractivity contribution in [3.63, 3.8) is 0 Å². The lowest BCUT2D eigenvalue weighted by atomic mass is 10.1. The van der Waals surface area contributed by atoms with Gasteiger partial charge in [-0.1, -0.05) is 25.1 Å². The zero-order valence-corrected chi connectivity index (χ0v) is 12.7. The van der Waals surface area contributed by atoms with Crippen molar-refractivity contribution in [2.75, 3.05) is 18.0 Å². The summed E-state index contributed by atoms with van der Waals surface area (Å²) < 4.78 is 0. The molecule has 2 heteroatoms. The normalized spacial score (nSPS) is 19.5. The first-order valence-corrected chi connectivity index (χ1v) is 7.80. The number of nitrogens with one attached hydrogen (secondary N) is 1. The van der Waals surface area contributed by atoms with E-state index in [0.717, 1.165) is 6.54 Å². The maximum absolute atomic E-state index is 3.57. The van der Waals surface area contributed by atoms with Gasteiger partial charge in [-0.3, -0.25) is 0 Å². The number of hydrogen-bond acceptors (Lipinski definition) is 2. The third-order valence-electron chi connectivity index (χ3n) is 4.13. The smallest absolute Gasteiger partial charge is 0.0402 e. The molecular weight excluding hydrogens is 232 g/mol. The zero-order valence-electron chi connectivity index (χ0n) is 12.7. The summed E-state index contributed by atoms with van der Waals surface area (Å²) in [7, 11) is 0. The van der Waals surface area contributed by atoms with Gasteiger partial charge in [0.25, 0.3) is 0 Å². The van der Waals surface area contributed by atoms with Gasteiger partial charge in [0, 0.05) is 24.3 Å². The van der Waals surface area contributed by atoms with E-state index in [9.17, 15) is 0 Å². The summed E-state index contributed by atoms with van der Waals surface area (Å²) >= 11 is 0. The Morgan fingerprint density at radius 3 is 2.95 bits per heavy atom. The number of fused-ring (bicyclic) bond motifs is 1. The molecule has 1 aliphatic rings. The van der Waals surface area contributed by atoms with Gasteiger partial charge in [0.05, 0.1) is 0 Å². The van der Waals surface area contributed by atoms with Crippen LogP contribution in [0.15, 0.2) is 24.3 Å². The predicted molar refractivity (Wildman–Crippen MR) is 83.9 cm³/mol. The van der Waals surface area contributed by atoms with Crippen molar-refractivity contribution >= 4 is 5.69 Å². The van der Waals surface area contributed by atoms with Gasteiger partial charge in [0.15, 0.2) is 0 Å². The Morgan fingerprint density at radius 1 is 1.37 bits per heavy atom. The Labute approximate surface area is 118 Å². The first-order valence-electron chi connectivity index (χ1n) is 7.80. The molecule has 2 unspecified atom stereocenters. The second-order valence-corrected chi connectivity index (χ2v) is 5.87. The van der Waals surface area contributed by atoms with Crippen LogP contribution < -0.4 is 10.2 Å². The SMILES string of the molecule is CCCNC(C)CCCN1c2ccccc2CC1C. The molecule has 0 radical (unpaired) electrons. The van der Waals surface area contributed by atoms with Crippen LogP contribution >= 0.6 is 0 Å². The Hall–Kier alpha value is -1.02. The van der Waals surface area contributed by atoms with E-state index in [1.54, 1.807) is 0 Å². The molecule has 0 saturated heterocycles. The van der Waals surface area contributed by atoms with Crippen LogP contribution in [0.1, 0.15) is 45.6 Å². The van der Waals surface area contributed by atoms with Gasteiger partial charge >= 0.3 is 0 Å². The molecule has 2 rings (SSSR count). The van der Waals surface area contributed by atoms with Crippen LogP contribution in [0.2, 0.25) is 0 Å². The van der Waals surface area contributed by atoms with Crippen LogP contribution in [-0.4, -0.2) is 25.2 Å². The molecule has 2 nitrogen and oxygen atoms in total. The summed E-state index contributed by atoms with van der Waals surface area (Å²) in [6.45, 7) is 9.21. The van der Waals surface area contributed by atoms with Gasteiger partial charge in [-0.15, -0.1) is 0 Å². The lowest BCUT2D eigenvalue weighted by Gasteiger charge is -2.25. The monoisotopic (exact) mass is 260 g/mol. The number of hydrogen-bond donors (Lipinski definition) is 1. The second kappa shape index (κ2) is 6.95. The van der Waals surface area contributed by atoms with Gasteiger partial charge in [-0.05, 0) is 57.7 Å². The van der Waals surface area contributed by atoms with Crippen LogP contribution in [0.4, 0.5) is 5.69 Å². The lowest BCUT2D eigenvalue weighted by molar-refractivity contribution is 0.492. The maximum Gasteiger partial charge on any atom is 0.0402 e. The van der Waals surface area contributed by atoms with Crippen LogP contribution in [0.3, 0.4) is 0 Å². The van der Waals surface area contributed by atoms with Crippen LogP contribution in [-0.2, 0) is 6.42 Å². The van der Waals surface area contributed by atoms with Crippen molar-refractivity contribution in [2.45, 2.75) is 58.5 Å². The zero-order chi connectivity index (χ0) is 13.7. The summed E-state index contributed by atoms with van der Waals surface area (Å²) in [5.74, 6) is 0. The fourth-order valence-corrected chi connectivity index (χ4v) is 3.03. The van der Waals surface area contributed by atoms with Gasteiger partial charge in [-0.25, -0.2) is 0 Å². The van der Waals surface area contributed by atoms with E-state index in [1.807, 2.05) is 0 Å². The fourth-order valence-electron chi connectivity index (χ4n) is 3.03. The van der Waals surface area contributed by atoms with Crippen molar-refractivity contribution in [1.82, 2.24) is 5.32 Å². The summed E-state index contributed by atoms with van der Waals surface area (Å²) in [5, 5.41) is 3.57. The Kier molecular flexibility index (Phi) is 5.26. The quantitative estimate of drug-likeness (QED) is 0.805. The molecular formula is C17H28N2. The first kappa shape index (κ1) is 14.4. The Balaban J connectivity index is 1.80. The standard InChI is InChI=1S/C17H28N2/c1-4-11-18-14(2)8-7-12-19-15(3)13-16-9-5-6-10-17(16)19/h5-6,9-10,14-15,18H,4,7-8,11-13H2,1-3H3. The second-order valence-electron chi connectivity index (χ2n) is 5.87. The largest absolute Gasteiger partial charge is 0.368 e. The van der Waals surface area contributed by atoms with Gasteiger partial charge in [0.1, 0.15) is 0 Å². The molecule has 0 saturated carbocycles. The van der Waals surface area contributed by atoms with E-state index in [4.69, 9.17) is 0 Å². The predicted octanol–water partition coefficient (Wildman–Crippen LogP) is 3.61. The highest BCUT2D eigenvalue weighted by atomic mass is 15.2. The third-order valence-corrected chi connectivity index (χ3v) is 4.13. The molecule has 19 heavy (non-hydrogen) atoms. The minimum atomic E-state index is 0.646. The van der Waals surface area contributed by atoms with Gasteiger partial charge in [0.2, 0.25) is 0 Å². The highest BCUT2D eigenvalue weighted by molar-refractivity contribution is 5.59. The molecule has 106 valence electrons. The van der Waals surface area contributed by atoms with E-state index in [1.165, 1.54) is 43.5 Å². The van der Waals surface area contributed by atoms with E-state index in [0.29, 0.717) is 12.1 Å². The fraction of sp³-hybridized carbons (Fsp3) is 0.647. The first-order chi connectivity index (χ1) is 9.22. The number of benzene rings is 1. The number of para-hydroxylation sites is 1. The summed E-state index contributed by atoms with van der Waals surface area (Å²) in [6, 6.07) is 10.2. The van der Waals surface area contributed by atoms with E-state index < -0.39 is 0 Å². The van der Waals surface area contributed by atoms with Crippen molar-refractivity contribution < 1.29 is 0 Å². The minimum Gasteiger partial charge on any atom is -0.368 e. The molecule has 0 bridgehead atoms. The number of rotatable bonds is 7. The van der Waals surface area contributed by atoms with E-state index in [2.05, 4.69) is 55.3 Å². The van der Waals surface area contributed by atoms with Crippen molar-refractivity contribution in [3.05, 3.63) is 29.8 Å². The summed E-state index contributed by atoms with van der Waals surface area (Å²) in [5.41, 5.74) is 2.98. The highest BCUT2D eigenvalue weighted by Crippen LogP contribution is 2.31. The van der Waals surface area contributed by atoms with Crippen LogP contribution in [0, 0.1) is 0 Å². The molecule has 1 heterocycles. The average molecular weight is 260 g/mol. The Bertz CT molecular complexity index is 389. The molecule has 2 atom stereocenters. The van der Waals surface area contributed by atoms with Crippen molar-refractivity contribution in [2.24, 2.45) is 0 Å². The third kappa shape index (κ3) is 3.73. The summed E-state index contributed by atoms with van der Waals surface area (Å²) in [6.07, 6.45) is 4.97. The molecule has 1 aromatic rings. The van der Waals surface area contributed by atoms with Crippen molar-refractivity contribution in [3.8, 4) is 0 Å². The molecule has 0 spiro atoms. The maximum atomic E-state index is 3.57. The molecule has 1 aromatic carbocycles. The highest BCUT2D eigenvalue weighted by Gasteiger charge is 2.24. The number of anilines is 1. The van der Waals surface area contributed by atoms with Gasteiger partial charge in [-0.2, -0.15) is 0 Å². The molecule has 1 N–H and O–H groups in total. The van der Waals surface area contributed by atoms with Crippen molar-refractivity contribution in [1.29, 1.82) is 0 Å². The molecule has 0 fully saturated rings. The minimum absolute atomic E-state index is 0.646. The average Bonchev–Trinajstić information content (AvgIpc) is 2.73. The molecule has 0 amide bonds. The van der Waals surface area contributed by atoms with E-state index in [-0.39, 0.29) is 0 Å². The summed E-state index contributed by atoms with van der Waals surface area (Å²) in [4.78, 5) is 2.59. The van der Waals surface area contributed by atoms with Crippen LogP contribution in [0.25, 0.3) is 0 Å². The number of nitrogens with zero attached hydrogens (tertiary/aromatic N) is 1. The molecule has 0 aliphatic carbocycles. The molecule has 0 aromatic heterocycles. The topological polar surface area (TPSA) is 15.3 Å². The lowest BCUT2D eigenvalue weighted by Crippen LogP contribution is -2.32. The molecule has 1 aliphatic heterocycles. The van der Waals surface area contributed by atoms with Crippen LogP contribution in [0.5, 0.6) is 0 Å².